The molecule has 3 heterocycles. The molecule has 3 N–H and O–H groups in total. The van der Waals surface area contributed by atoms with E-state index >= 15 is 0 Å². The molecule has 0 amide bonds. The van der Waals surface area contributed by atoms with Gasteiger partial charge in [0.1, 0.15) is 22.2 Å². The molecule has 1 aliphatic carbocycles. The molecule has 0 aromatic carbocycles. The number of aromatic nitrogens is 3. The van der Waals surface area contributed by atoms with Gasteiger partial charge in [-0.15, -0.1) is 11.3 Å². The summed E-state index contributed by atoms with van der Waals surface area (Å²) < 4.78 is 44.6. The number of alkyl halides is 3. The van der Waals surface area contributed by atoms with Crippen LogP contribution in [0, 0.1) is 11.3 Å². The zero-order chi connectivity index (χ0) is 27.0. The highest BCUT2D eigenvalue weighted by molar-refractivity contribution is 7.15. The second kappa shape index (κ2) is 9.99. The van der Waals surface area contributed by atoms with Crippen molar-refractivity contribution in [2.75, 3.05) is 12.4 Å². The van der Waals surface area contributed by atoms with Crippen molar-refractivity contribution in [3.63, 3.8) is 0 Å². The fourth-order valence-corrected chi connectivity index (χ4v) is 5.81. The molecule has 0 unspecified atom stereocenters. The zero-order valence-electron chi connectivity index (χ0n) is 20.5. The average molecular weight is 537 g/mol. The van der Waals surface area contributed by atoms with Crippen LogP contribution in [0.15, 0.2) is 36.7 Å². The quantitative estimate of drug-likeness (QED) is 0.357. The molecule has 0 spiro atoms. The molecule has 198 valence electrons. The second-order valence-corrected chi connectivity index (χ2v) is 10.9. The highest BCUT2D eigenvalue weighted by atomic mass is 32.1. The van der Waals surface area contributed by atoms with Gasteiger partial charge < -0.3 is 20.3 Å². The molecule has 3 aromatic rings. The highest BCUT2D eigenvalue weighted by Gasteiger charge is 2.49. The van der Waals surface area contributed by atoms with Crippen LogP contribution in [-0.4, -0.2) is 38.2 Å². The smallest absolute Gasteiger partial charge is 0.416 e. The number of hydrogen-bond donors (Lipinski definition) is 3. The first-order valence-electron chi connectivity index (χ1n) is 11.5. The molecular formula is C25H27F3N4O4S. The third-order valence-electron chi connectivity index (χ3n) is 6.53. The monoisotopic (exact) mass is 536 g/mol. The Balaban J connectivity index is 1.63. The third-order valence-corrected chi connectivity index (χ3v) is 7.75. The largest absolute Gasteiger partial charge is 0.481 e. The number of carboxylic acids is 1. The fraction of sp³-hybridized carbons (Fsp3) is 0.440. The van der Waals surface area contributed by atoms with Gasteiger partial charge in [0, 0.05) is 19.5 Å². The van der Waals surface area contributed by atoms with Gasteiger partial charge >= 0.3 is 12.1 Å². The van der Waals surface area contributed by atoms with Gasteiger partial charge in [-0.2, -0.15) is 13.2 Å². The number of carboxylic acid groups (broad SMARTS) is 1. The standard InChI is InChI=1S/C25H27F3N4O4S/c1-23(2)13-24(35,6-4-16(23)21(33)34)22-30-11-18(37-22)17-8-14(12-36-3)9-20(31-17)32-19-10-15(5-7-29-19)25(26,27)28/h5,7-11,16,35H,4,6,12-13H2,1-3H3,(H,33,34)(H,29,31,32)/t16-,24+/m0/s1. The zero-order valence-corrected chi connectivity index (χ0v) is 21.3. The molecular weight excluding hydrogens is 509 g/mol. The Morgan fingerprint density at radius 1 is 1.24 bits per heavy atom. The maximum Gasteiger partial charge on any atom is 0.416 e. The Labute approximate surface area is 215 Å². The van der Waals surface area contributed by atoms with Crippen LogP contribution in [0.2, 0.25) is 0 Å². The first-order chi connectivity index (χ1) is 17.3. The number of aliphatic hydroxyl groups is 1. The van der Waals surface area contributed by atoms with Crippen molar-refractivity contribution in [2.24, 2.45) is 11.3 Å². The van der Waals surface area contributed by atoms with E-state index in [0.717, 1.165) is 23.9 Å². The number of pyridine rings is 2. The molecule has 1 fully saturated rings. The summed E-state index contributed by atoms with van der Waals surface area (Å²) in [6, 6.07) is 5.22. The molecule has 12 heteroatoms. The van der Waals surface area contributed by atoms with E-state index in [1.807, 2.05) is 13.8 Å². The number of nitrogens with one attached hydrogen (secondary N) is 1. The van der Waals surface area contributed by atoms with Gasteiger partial charge in [-0.1, -0.05) is 13.8 Å². The number of ether oxygens (including phenoxy) is 1. The normalized spacial score (nSPS) is 21.5. The molecule has 8 nitrogen and oxygen atoms in total. The number of rotatable bonds is 7. The van der Waals surface area contributed by atoms with E-state index in [0.29, 0.717) is 22.0 Å². The summed E-state index contributed by atoms with van der Waals surface area (Å²) in [5, 5.41) is 24.3. The number of methoxy groups -OCH3 is 1. The lowest BCUT2D eigenvalue weighted by Crippen LogP contribution is -2.44. The van der Waals surface area contributed by atoms with E-state index in [4.69, 9.17) is 4.74 Å². The Morgan fingerprint density at radius 3 is 2.65 bits per heavy atom. The molecule has 0 aliphatic heterocycles. The van der Waals surface area contributed by atoms with Crippen molar-refractivity contribution >= 4 is 28.9 Å². The molecule has 4 rings (SSSR count). The van der Waals surface area contributed by atoms with Crippen LogP contribution in [0.25, 0.3) is 10.6 Å². The van der Waals surface area contributed by atoms with Crippen LogP contribution in [-0.2, 0) is 27.9 Å². The van der Waals surface area contributed by atoms with Crippen molar-refractivity contribution in [3.05, 3.63) is 52.8 Å². The van der Waals surface area contributed by atoms with Gasteiger partial charge in [-0.3, -0.25) is 4.79 Å². The minimum atomic E-state index is -4.51. The molecule has 2 atom stereocenters. The Morgan fingerprint density at radius 2 is 2.00 bits per heavy atom. The summed E-state index contributed by atoms with van der Waals surface area (Å²) in [5.74, 6) is -1.17. The van der Waals surface area contributed by atoms with Crippen LogP contribution in [0.4, 0.5) is 24.8 Å². The molecule has 0 bridgehead atoms. The number of anilines is 2. The SMILES string of the molecule is COCc1cc(Nc2cc(C(F)(F)F)ccn2)nc(-c2cnc([C@@]3(O)CC[C@@H](C(=O)O)C(C)(C)C3)s2)c1. The lowest BCUT2D eigenvalue weighted by molar-refractivity contribution is -0.154. The average Bonchev–Trinajstić information content (AvgIpc) is 3.29. The summed E-state index contributed by atoms with van der Waals surface area (Å²) in [7, 11) is 1.52. The Kier molecular flexibility index (Phi) is 7.28. The lowest BCUT2D eigenvalue weighted by Gasteiger charge is -2.44. The van der Waals surface area contributed by atoms with Crippen LogP contribution in [0.5, 0.6) is 0 Å². The maximum atomic E-state index is 13.1. The predicted octanol–water partition coefficient (Wildman–Crippen LogP) is 5.61. The molecule has 37 heavy (non-hydrogen) atoms. The van der Waals surface area contributed by atoms with Gasteiger partial charge in [0.2, 0.25) is 0 Å². The number of halogens is 3. The van der Waals surface area contributed by atoms with Crippen LogP contribution >= 0.6 is 11.3 Å². The highest BCUT2D eigenvalue weighted by Crippen LogP contribution is 2.50. The van der Waals surface area contributed by atoms with Crippen molar-refractivity contribution in [2.45, 2.75) is 51.5 Å². The molecule has 3 aromatic heterocycles. The van der Waals surface area contributed by atoms with E-state index in [9.17, 15) is 28.2 Å². The first kappa shape index (κ1) is 27.0. The number of carbonyl (C=O) groups is 1. The van der Waals surface area contributed by atoms with Crippen molar-refractivity contribution in [3.8, 4) is 10.6 Å². The van der Waals surface area contributed by atoms with Gasteiger partial charge in [-0.25, -0.2) is 15.0 Å². The third kappa shape index (κ3) is 5.91. The van der Waals surface area contributed by atoms with E-state index in [1.54, 1.807) is 18.3 Å². The minimum absolute atomic E-state index is 0.0143. The van der Waals surface area contributed by atoms with Gasteiger partial charge in [0.15, 0.2) is 0 Å². The topological polar surface area (TPSA) is 117 Å². The molecule has 0 radical (unpaired) electrons. The Hall–Kier alpha value is -3.09. The fourth-order valence-electron chi connectivity index (χ4n) is 4.82. The predicted molar refractivity (Wildman–Crippen MR) is 131 cm³/mol. The number of hydrogen-bond acceptors (Lipinski definition) is 8. The number of thiazole rings is 1. The van der Waals surface area contributed by atoms with Gasteiger partial charge in [0.05, 0.1) is 28.7 Å². The maximum absolute atomic E-state index is 13.1. The summed E-state index contributed by atoms with van der Waals surface area (Å²) in [6.45, 7) is 3.90. The van der Waals surface area contributed by atoms with Gasteiger partial charge in [0.25, 0.3) is 0 Å². The minimum Gasteiger partial charge on any atom is -0.481 e. The lowest BCUT2D eigenvalue weighted by atomic mass is 9.63. The number of aliphatic carboxylic acids is 1. The molecule has 1 saturated carbocycles. The van der Waals surface area contributed by atoms with E-state index in [-0.39, 0.29) is 31.1 Å². The second-order valence-electron chi connectivity index (χ2n) is 9.89. The van der Waals surface area contributed by atoms with Crippen LogP contribution in [0.1, 0.15) is 49.2 Å². The van der Waals surface area contributed by atoms with Crippen molar-refractivity contribution < 1.29 is 32.9 Å². The van der Waals surface area contributed by atoms with Crippen LogP contribution in [0.3, 0.4) is 0 Å². The summed E-state index contributed by atoms with van der Waals surface area (Å²) in [4.78, 5) is 25.2. The van der Waals surface area contributed by atoms with Crippen molar-refractivity contribution in [1.82, 2.24) is 15.0 Å². The molecule has 1 aliphatic rings. The van der Waals surface area contributed by atoms with E-state index in [1.165, 1.54) is 18.4 Å². The molecule has 0 saturated heterocycles. The van der Waals surface area contributed by atoms with E-state index in [2.05, 4.69) is 20.3 Å². The Bertz CT molecular complexity index is 1300. The summed E-state index contributed by atoms with van der Waals surface area (Å²) in [6.07, 6.45) is -1.01. The number of nitrogens with zero attached hydrogens (tertiary/aromatic N) is 3. The van der Waals surface area contributed by atoms with E-state index < -0.39 is 34.6 Å². The summed E-state index contributed by atoms with van der Waals surface area (Å²) in [5.41, 5.74) is -1.52. The van der Waals surface area contributed by atoms with Crippen molar-refractivity contribution in [1.29, 1.82) is 0 Å². The summed E-state index contributed by atoms with van der Waals surface area (Å²) >= 11 is 1.25. The van der Waals surface area contributed by atoms with Gasteiger partial charge in [-0.05, 0) is 54.5 Å². The van der Waals surface area contributed by atoms with Crippen LogP contribution < -0.4 is 5.32 Å². The first-order valence-corrected chi connectivity index (χ1v) is 12.3.